The molecular weight excluding hydrogens is 222 g/mol. The van der Waals surface area contributed by atoms with Gasteiger partial charge in [0.15, 0.2) is 0 Å². The van der Waals surface area contributed by atoms with Crippen LogP contribution in [-0.4, -0.2) is 5.75 Å². The highest BCUT2D eigenvalue weighted by Gasteiger charge is 1.96. The molecule has 0 unspecified atom stereocenters. The molecular formula is C12H13NS2. The van der Waals surface area contributed by atoms with Crippen LogP contribution in [0.4, 0.5) is 5.69 Å². The van der Waals surface area contributed by atoms with Gasteiger partial charge in [0.25, 0.3) is 0 Å². The summed E-state index contributed by atoms with van der Waals surface area (Å²) in [5.74, 6) is 1.13. The summed E-state index contributed by atoms with van der Waals surface area (Å²) in [5.41, 5.74) is 7.89. The van der Waals surface area contributed by atoms with Gasteiger partial charge in [-0.05, 0) is 53.1 Å². The normalized spacial score (nSPS) is 10.4. The number of hydrogen-bond donors (Lipinski definition) is 1. The zero-order valence-electron chi connectivity index (χ0n) is 8.35. The van der Waals surface area contributed by atoms with Gasteiger partial charge in [-0.25, -0.2) is 0 Å². The number of aryl methyl sites for hydroxylation is 1. The van der Waals surface area contributed by atoms with Crippen molar-refractivity contribution < 1.29 is 0 Å². The molecule has 0 aliphatic carbocycles. The number of nitrogen functional groups attached to an aromatic ring is 1. The topological polar surface area (TPSA) is 26.0 Å². The van der Waals surface area contributed by atoms with Gasteiger partial charge in [-0.1, -0.05) is 0 Å². The standard InChI is InChI=1S/C12H13NS2/c13-11-1-3-12(4-2-11)15-8-6-10-5-7-14-9-10/h1-5,7,9H,6,8,13H2. The molecule has 0 amide bonds. The quantitative estimate of drug-likeness (QED) is 0.646. The lowest BCUT2D eigenvalue weighted by atomic mass is 10.3. The fourth-order valence-electron chi connectivity index (χ4n) is 1.29. The molecule has 0 aliphatic rings. The molecule has 15 heavy (non-hydrogen) atoms. The summed E-state index contributed by atoms with van der Waals surface area (Å²) in [5, 5.41) is 4.34. The van der Waals surface area contributed by atoms with Crippen molar-refractivity contribution in [2.24, 2.45) is 0 Å². The lowest BCUT2D eigenvalue weighted by Crippen LogP contribution is -1.86. The fourth-order valence-corrected chi connectivity index (χ4v) is 2.89. The number of nitrogens with two attached hydrogens (primary N) is 1. The predicted octanol–water partition coefficient (Wildman–Crippen LogP) is 3.67. The van der Waals surface area contributed by atoms with E-state index in [-0.39, 0.29) is 0 Å². The Kier molecular flexibility index (Phi) is 3.69. The van der Waals surface area contributed by atoms with E-state index in [1.165, 1.54) is 10.5 Å². The molecule has 78 valence electrons. The number of rotatable bonds is 4. The van der Waals surface area contributed by atoms with Crippen LogP contribution in [0.5, 0.6) is 0 Å². The summed E-state index contributed by atoms with van der Waals surface area (Å²) in [6.07, 6.45) is 1.14. The van der Waals surface area contributed by atoms with Crippen molar-refractivity contribution in [2.75, 3.05) is 11.5 Å². The predicted molar refractivity (Wildman–Crippen MR) is 69.6 cm³/mol. The summed E-state index contributed by atoms with van der Waals surface area (Å²) < 4.78 is 0. The van der Waals surface area contributed by atoms with E-state index < -0.39 is 0 Å². The van der Waals surface area contributed by atoms with Crippen LogP contribution in [0.25, 0.3) is 0 Å². The van der Waals surface area contributed by atoms with Gasteiger partial charge < -0.3 is 5.73 Å². The molecule has 1 aromatic carbocycles. The Labute approximate surface area is 98.3 Å². The van der Waals surface area contributed by atoms with Crippen molar-refractivity contribution >= 4 is 28.8 Å². The molecule has 1 nitrogen and oxygen atoms in total. The van der Waals surface area contributed by atoms with Crippen molar-refractivity contribution in [1.29, 1.82) is 0 Å². The third-order valence-electron chi connectivity index (χ3n) is 2.12. The zero-order chi connectivity index (χ0) is 10.5. The van der Waals surface area contributed by atoms with Gasteiger partial charge in [-0.2, -0.15) is 11.3 Å². The number of anilines is 1. The van der Waals surface area contributed by atoms with E-state index >= 15 is 0 Å². The second-order valence-electron chi connectivity index (χ2n) is 3.30. The van der Waals surface area contributed by atoms with E-state index in [0.29, 0.717) is 0 Å². The molecule has 2 N–H and O–H groups in total. The molecule has 0 saturated carbocycles. The highest BCUT2D eigenvalue weighted by molar-refractivity contribution is 7.99. The van der Waals surface area contributed by atoms with E-state index in [2.05, 4.69) is 29.0 Å². The molecule has 3 heteroatoms. The lowest BCUT2D eigenvalue weighted by molar-refractivity contribution is 1.17. The van der Waals surface area contributed by atoms with Crippen LogP contribution >= 0.6 is 23.1 Å². The van der Waals surface area contributed by atoms with Crippen molar-refractivity contribution in [3.63, 3.8) is 0 Å². The Morgan fingerprint density at radius 2 is 1.93 bits per heavy atom. The maximum absolute atomic E-state index is 5.62. The molecule has 2 rings (SSSR count). The summed E-state index contributed by atoms with van der Waals surface area (Å²) in [6.45, 7) is 0. The van der Waals surface area contributed by atoms with Gasteiger partial charge in [0.2, 0.25) is 0 Å². The number of thiophene rings is 1. The molecule has 1 aromatic heterocycles. The minimum absolute atomic E-state index is 0.831. The maximum Gasteiger partial charge on any atom is 0.0314 e. The molecule has 1 heterocycles. The highest BCUT2D eigenvalue weighted by atomic mass is 32.2. The average molecular weight is 235 g/mol. The van der Waals surface area contributed by atoms with Crippen molar-refractivity contribution in [3.05, 3.63) is 46.7 Å². The third-order valence-corrected chi connectivity index (χ3v) is 3.87. The first-order valence-electron chi connectivity index (χ1n) is 4.84. The molecule has 0 aliphatic heterocycles. The van der Waals surface area contributed by atoms with Gasteiger partial charge in [0.1, 0.15) is 0 Å². The van der Waals surface area contributed by atoms with E-state index in [1.807, 2.05) is 23.9 Å². The SMILES string of the molecule is Nc1ccc(SCCc2ccsc2)cc1. The van der Waals surface area contributed by atoms with Gasteiger partial charge in [0.05, 0.1) is 0 Å². The smallest absolute Gasteiger partial charge is 0.0314 e. The van der Waals surface area contributed by atoms with Crippen LogP contribution in [-0.2, 0) is 6.42 Å². The van der Waals surface area contributed by atoms with Crippen LogP contribution in [0.2, 0.25) is 0 Å². The molecule has 0 spiro atoms. The van der Waals surface area contributed by atoms with Crippen molar-refractivity contribution in [2.45, 2.75) is 11.3 Å². The number of thioether (sulfide) groups is 1. The average Bonchev–Trinajstić information content (AvgIpc) is 2.74. The second kappa shape index (κ2) is 5.24. The van der Waals surface area contributed by atoms with Crippen LogP contribution in [0.1, 0.15) is 5.56 Å². The minimum Gasteiger partial charge on any atom is -0.399 e. The van der Waals surface area contributed by atoms with Crippen LogP contribution < -0.4 is 5.73 Å². The van der Waals surface area contributed by atoms with Crippen molar-refractivity contribution in [3.8, 4) is 0 Å². The summed E-state index contributed by atoms with van der Waals surface area (Å²) >= 11 is 3.64. The fraction of sp³-hybridized carbons (Fsp3) is 0.167. The first-order valence-corrected chi connectivity index (χ1v) is 6.77. The molecule has 0 fully saturated rings. The van der Waals surface area contributed by atoms with Crippen LogP contribution in [0.3, 0.4) is 0 Å². The number of benzene rings is 1. The molecule has 0 bridgehead atoms. The Morgan fingerprint density at radius 3 is 2.60 bits per heavy atom. The number of hydrogen-bond acceptors (Lipinski definition) is 3. The Hall–Kier alpha value is -0.930. The molecule has 0 saturated heterocycles. The largest absolute Gasteiger partial charge is 0.399 e. The first-order chi connectivity index (χ1) is 7.34. The van der Waals surface area contributed by atoms with Crippen LogP contribution in [0, 0.1) is 0 Å². The van der Waals surface area contributed by atoms with Crippen molar-refractivity contribution in [1.82, 2.24) is 0 Å². The summed E-state index contributed by atoms with van der Waals surface area (Å²) in [7, 11) is 0. The van der Waals surface area contributed by atoms with Gasteiger partial charge in [-0.3, -0.25) is 0 Å². The van der Waals surface area contributed by atoms with Gasteiger partial charge in [0, 0.05) is 16.3 Å². The first kappa shape index (κ1) is 10.6. The summed E-state index contributed by atoms with van der Waals surface area (Å²) in [4.78, 5) is 1.29. The van der Waals surface area contributed by atoms with E-state index in [4.69, 9.17) is 5.73 Å². The molecule has 0 atom stereocenters. The Bertz CT molecular complexity index is 392. The maximum atomic E-state index is 5.62. The second-order valence-corrected chi connectivity index (χ2v) is 5.25. The van der Waals surface area contributed by atoms with E-state index in [0.717, 1.165) is 17.9 Å². The lowest BCUT2D eigenvalue weighted by Gasteiger charge is -2.00. The minimum atomic E-state index is 0.831. The Balaban J connectivity index is 1.81. The highest BCUT2D eigenvalue weighted by Crippen LogP contribution is 2.20. The van der Waals surface area contributed by atoms with E-state index in [9.17, 15) is 0 Å². The Morgan fingerprint density at radius 1 is 1.13 bits per heavy atom. The van der Waals surface area contributed by atoms with Crippen LogP contribution in [0.15, 0.2) is 46.0 Å². The third kappa shape index (κ3) is 3.29. The van der Waals surface area contributed by atoms with E-state index in [1.54, 1.807) is 11.3 Å². The summed E-state index contributed by atoms with van der Waals surface area (Å²) in [6, 6.07) is 10.2. The zero-order valence-corrected chi connectivity index (χ0v) is 9.98. The monoisotopic (exact) mass is 235 g/mol. The van der Waals surface area contributed by atoms with Gasteiger partial charge >= 0.3 is 0 Å². The molecule has 0 radical (unpaired) electrons. The molecule has 2 aromatic rings. The van der Waals surface area contributed by atoms with Gasteiger partial charge in [-0.15, -0.1) is 11.8 Å².